The minimum Gasteiger partial charge on any atom is -0.322 e. The zero-order valence-electron chi connectivity index (χ0n) is 7.71. The Labute approximate surface area is 110 Å². The maximum Gasteiger partial charge on any atom is 0.238 e. The summed E-state index contributed by atoms with van der Waals surface area (Å²) in [6.45, 7) is 0. The molecule has 3 nitrogen and oxygen atoms in total. The topological polar surface area (TPSA) is 42.0 Å². The summed E-state index contributed by atoms with van der Waals surface area (Å²) in [5.74, 6) is -0.121. The molecule has 1 aromatic rings. The van der Waals surface area contributed by atoms with Crippen LogP contribution in [-0.2, 0) is 4.79 Å². The molecule has 0 aromatic carbocycles. The van der Waals surface area contributed by atoms with Gasteiger partial charge in [0, 0.05) is 11.5 Å². The van der Waals surface area contributed by atoms with Gasteiger partial charge in [-0.3, -0.25) is 4.79 Å². The summed E-state index contributed by atoms with van der Waals surface area (Å²) in [6, 6.07) is 3.43. The van der Waals surface area contributed by atoms with Crippen LogP contribution >= 0.6 is 43.5 Å². The molecule has 1 atom stereocenters. The Balaban J connectivity index is 2.62. The average Bonchev–Trinajstić information content (AvgIpc) is 2.21. The fraction of sp³-hybridized carbons (Fsp3) is 0.333. The minimum atomic E-state index is -0.229. The molecular weight excluding hydrogens is 347 g/mol. The molecular formula is C9H9Br2ClN2O. The van der Waals surface area contributed by atoms with Crippen LogP contribution in [0.5, 0.6) is 0 Å². The third-order valence-electron chi connectivity index (χ3n) is 1.66. The molecule has 6 heteroatoms. The van der Waals surface area contributed by atoms with E-state index in [0.717, 1.165) is 5.33 Å². The Morgan fingerprint density at radius 1 is 1.67 bits per heavy atom. The van der Waals surface area contributed by atoms with Gasteiger partial charge in [-0.15, -0.1) is 0 Å². The molecule has 0 saturated carbocycles. The number of alkyl halides is 2. The Kier molecular flexibility index (Phi) is 5.56. The molecule has 0 bridgehead atoms. The van der Waals surface area contributed by atoms with Crippen LogP contribution in [0.4, 0.5) is 5.69 Å². The minimum absolute atomic E-state index is 0.121. The van der Waals surface area contributed by atoms with E-state index >= 15 is 0 Å². The van der Waals surface area contributed by atoms with Crippen molar-refractivity contribution in [2.24, 2.45) is 0 Å². The summed E-state index contributed by atoms with van der Waals surface area (Å²) in [6.07, 6.45) is 2.28. The van der Waals surface area contributed by atoms with Crippen LogP contribution in [0.25, 0.3) is 0 Å². The fourth-order valence-electron chi connectivity index (χ4n) is 0.917. The highest BCUT2D eigenvalue weighted by molar-refractivity contribution is 9.10. The largest absolute Gasteiger partial charge is 0.322 e. The molecule has 1 amide bonds. The van der Waals surface area contributed by atoms with Gasteiger partial charge >= 0.3 is 0 Å². The number of amides is 1. The van der Waals surface area contributed by atoms with Crippen LogP contribution in [0, 0.1) is 0 Å². The highest BCUT2D eigenvalue weighted by Crippen LogP contribution is 2.19. The van der Waals surface area contributed by atoms with Gasteiger partial charge in [-0.1, -0.05) is 43.5 Å². The van der Waals surface area contributed by atoms with Crippen molar-refractivity contribution in [2.45, 2.75) is 11.2 Å². The number of aromatic nitrogens is 1. The molecule has 1 N–H and O–H groups in total. The van der Waals surface area contributed by atoms with Crippen molar-refractivity contribution >= 4 is 55.1 Å². The van der Waals surface area contributed by atoms with Gasteiger partial charge in [-0.2, -0.15) is 0 Å². The van der Waals surface area contributed by atoms with E-state index in [0.29, 0.717) is 17.3 Å². The van der Waals surface area contributed by atoms with E-state index in [2.05, 4.69) is 42.2 Å². The first-order valence-corrected chi connectivity index (χ1v) is 6.68. The van der Waals surface area contributed by atoms with Crippen LogP contribution < -0.4 is 5.32 Å². The van der Waals surface area contributed by atoms with Crippen molar-refractivity contribution < 1.29 is 4.79 Å². The number of nitrogens with zero attached hydrogens (tertiary/aromatic N) is 1. The molecule has 15 heavy (non-hydrogen) atoms. The maximum absolute atomic E-state index is 11.6. The standard InChI is InChI=1S/C9H9Br2ClN2O/c10-4-3-6(11)9(15)14-7-2-1-5-13-8(7)12/h1-2,5-6H,3-4H2,(H,14,15)/t6-/m0/s1. The highest BCUT2D eigenvalue weighted by atomic mass is 79.9. The monoisotopic (exact) mass is 354 g/mol. The van der Waals surface area contributed by atoms with Gasteiger partial charge in [0.2, 0.25) is 5.91 Å². The maximum atomic E-state index is 11.6. The second-order valence-corrected chi connectivity index (χ2v) is 5.03. The molecule has 0 unspecified atom stereocenters. The van der Waals surface area contributed by atoms with Crippen LogP contribution in [-0.4, -0.2) is 21.0 Å². The van der Waals surface area contributed by atoms with Crippen LogP contribution in [0.2, 0.25) is 5.15 Å². The number of rotatable bonds is 4. The second kappa shape index (κ2) is 6.45. The first-order chi connectivity index (χ1) is 7.15. The number of carbonyl (C=O) groups excluding carboxylic acids is 1. The number of carbonyl (C=O) groups is 1. The van der Waals surface area contributed by atoms with E-state index in [1.54, 1.807) is 18.3 Å². The number of halogens is 3. The van der Waals surface area contributed by atoms with E-state index in [4.69, 9.17) is 11.6 Å². The molecule has 1 rings (SSSR count). The second-order valence-electron chi connectivity index (χ2n) is 2.78. The van der Waals surface area contributed by atoms with Crippen molar-refractivity contribution in [1.82, 2.24) is 4.98 Å². The summed E-state index contributed by atoms with van der Waals surface area (Å²) < 4.78 is 0. The van der Waals surface area contributed by atoms with Crippen molar-refractivity contribution in [3.8, 4) is 0 Å². The van der Waals surface area contributed by atoms with Gasteiger partial charge < -0.3 is 5.32 Å². The van der Waals surface area contributed by atoms with E-state index in [1.165, 1.54) is 0 Å². The van der Waals surface area contributed by atoms with E-state index < -0.39 is 0 Å². The zero-order valence-corrected chi connectivity index (χ0v) is 11.6. The van der Waals surface area contributed by atoms with Gasteiger partial charge in [-0.05, 0) is 18.6 Å². The van der Waals surface area contributed by atoms with Crippen molar-refractivity contribution in [2.75, 3.05) is 10.6 Å². The lowest BCUT2D eigenvalue weighted by molar-refractivity contribution is -0.115. The summed E-state index contributed by atoms with van der Waals surface area (Å²) in [7, 11) is 0. The lowest BCUT2D eigenvalue weighted by Crippen LogP contribution is -2.23. The van der Waals surface area contributed by atoms with Crippen molar-refractivity contribution in [3.63, 3.8) is 0 Å². The Bertz CT molecular complexity index is 349. The zero-order chi connectivity index (χ0) is 11.3. The predicted molar refractivity (Wildman–Crippen MR) is 69.0 cm³/mol. The summed E-state index contributed by atoms with van der Waals surface area (Å²) in [5.41, 5.74) is 0.531. The summed E-state index contributed by atoms with van der Waals surface area (Å²) in [5, 5.41) is 3.75. The van der Waals surface area contributed by atoms with Crippen molar-refractivity contribution in [3.05, 3.63) is 23.5 Å². The van der Waals surface area contributed by atoms with E-state index in [9.17, 15) is 4.79 Å². The lowest BCUT2D eigenvalue weighted by Gasteiger charge is -2.09. The van der Waals surface area contributed by atoms with Gasteiger partial charge in [0.1, 0.15) is 0 Å². The van der Waals surface area contributed by atoms with E-state index in [-0.39, 0.29) is 10.7 Å². The molecule has 0 fully saturated rings. The third-order valence-corrected chi connectivity index (χ3v) is 3.30. The normalized spacial score (nSPS) is 12.2. The highest BCUT2D eigenvalue weighted by Gasteiger charge is 2.15. The number of hydrogen-bond donors (Lipinski definition) is 1. The molecule has 82 valence electrons. The Morgan fingerprint density at radius 3 is 3.00 bits per heavy atom. The molecule has 1 aromatic heterocycles. The first-order valence-electron chi connectivity index (χ1n) is 4.26. The van der Waals surface area contributed by atoms with Crippen molar-refractivity contribution in [1.29, 1.82) is 0 Å². The van der Waals surface area contributed by atoms with Gasteiger partial charge in [0.05, 0.1) is 10.5 Å². The molecule has 0 spiro atoms. The molecule has 0 aliphatic heterocycles. The SMILES string of the molecule is O=C(Nc1cccnc1Cl)[C@@H](Br)CCBr. The van der Waals surface area contributed by atoms with Crippen LogP contribution in [0.1, 0.15) is 6.42 Å². The molecule has 0 aliphatic carbocycles. The summed E-state index contributed by atoms with van der Waals surface area (Å²) in [4.78, 5) is 15.2. The van der Waals surface area contributed by atoms with E-state index in [1.807, 2.05) is 0 Å². The number of anilines is 1. The first kappa shape index (κ1) is 12.9. The van der Waals surface area contributed by atoms with Gasteiger partial charge in [-0.25, -0.2) is 4.98 Å². The average molecular weight is 356 g/mol. The van der Waals surface area contributed by atoms with Crippen LogP contribution in [0.15, 0.2) is 18.3 Å². The third kappa shape index (κ3) is 4.09. The quantitative estimate of drug-likeness (QED) is 0.665. The Hall–Kier alpha value is -0.130. The van der Waals surface area contributed by atoms with Crippen LogP contribution in [0.3, 0.4) is 0 Å². The lowest BCUT2D eigenvalue weighted by atomic mass is 10.3. The number of nitrogens with one attached hydrogen (secondary N) is 1. The predicted octanol–water partition coefficient (Wildman–Crippen LogP) is 3.22. The smallest absolute Gasteiger partial charge is 0.238 e. The number of pyridine rings is 1. The fourth-order valence-corrected chi connectivity index (χ4v) is 2.50. The van der Waals surface area contributed by atoms with Gasteiger partial charge in [0.15, 0.2) is 5.15 Å². The summed E-state index contributed by atoms with van der Waals surface area (Å²) >= 11 is 12.3. The molecule has 0 radical (unpaired) electrons. The number of hydrogen-bond acceptors (Lipinski definition) is 2. The molecule has 0 saturated heterocycles. The van der Waals surface area contributed by atoms with Gasteiger partial charge in [0.25, 0.3) is 0 Å². The molecule has 1 heterocycles. The molecule has 0 aliphatic rings. The Morgan fingerprint density at radius 2 is 2.40 bits per heavy atom.